The van der Waals surface area contributed by atoms with Gasteiger partial charge in [-0.25, -0.2) is 0 Å². The van der Waals surface area contributed by atoms with E-state index in [9.17, 15) is 9.90 Å². The number of aliphatic hydroxyl groups is 1. The maximum Gasteiger partial charge on any atom is 0.166 e. The van der Waals surface area contributed by atoms with Crippen molar-refractivity contribution in [2.45, 2.75) is 32.7 Å². The Morgan fingerprint density at radius 3 is 2.48 bits per heavy atom. The third-order valence-corrected chi connectivity index (χ3v) is 4.13. The van der Waals surface area contributed by atoms with Gasteiger partial charge in [-0.3, -0.25) is 4.79 Å². The van der Waals surface area contributed by atoms with Gasteiger partial charge in [0.2, 0.25) is 0 Å². The highest BCUT2D eigenvalue weighted by Crippen LogP contribution is 2.31. The zero-order chi connectivity index (χ0) is 18.8. The first-order chi connectivity index (χ1) is 11.9. The molecule has 0 aromatic heterocycles. The molecule has 0 aliphatic rings. The van der Waals surface area contributed by atoms with E-state index in [1.54, 1.807) is 32.4 Å². The van der Waals surface area contributed by atoms with E-state index in [0.717, 1.165) is 6.42 Å². The average Bonchev–Trinajstić information content (AvgIpc) is 2.62. The van der Waals surface area contributed by atoms with Crippen molar-refractivity contribution in [1.29, 1.82) is 0 Å². The first-order valence-corrected chi connectivity index (χ1v) is 8.65. The molecule has 25 heavy (non-hydrogen) atoms. The Balaban J connectivity index is 2.95. The van der Waals surface area contributed by atoms with Crippen LogP contribution in [0.2, 0.25) is 0 Å². The predicted octanol–water partition coefficient (Wildman–Crippen LogP) is 2.28. The highest BCUT2D eigenvalue weighted by Gasteiger charge is 2.26. The van der Waals surface area contributed by atoms with Crippen molar-refractivity contribution in [1.82, 2.24) is 0 Å². The van der Waals surface area contributed by atoms with Crippen molar-refractivity contribution < 1.29 is 24.1 Å². The number of carbonyl (C=O) groups excluding carboxylic acids is 1. The summed E-state index contributed by atoms with van der Waals surface area (Å²) < 4.78 is 16.1. The van der Waals surface area contributed by atoms with Crippen LogP contribution in [0.25, 0.3) is 0 Å². The second-order valence-corrected chi connectivity index (χ2v) is 6.45. The van der Waals surface area contributed by atoms with Crippen LogP contribution in [0.5, 0.6) is 11.5 Å². The minimum absolute atomic E-state index is 0.00305. The van der Waals surface area contributed by atoms with Crippen molar-refractivity contribution in [3.05, 3.63) is 23.8 Å². The predicted molar refractivity (Wildman–Crippen MR) is 97.3 cm³/mol. The summed E-state index contributed by atoms with van der Waals surface area (Å²) in [6.07, 6.45) is 1.20. The number of nitrogens with two attached hydrogens (primary N) is 1. The quantitative estimate of drug-likeness (QED) is 0.442. The maximum absolute atomic E-state index is 12.9. The molecule has 0 unspecified atom stereocenters. The monoisotopic (exact) mass is 353 g/mol. The zero-order valence-corrected chi connectivity index (χ0v) is 15.7. The third kappa shape index (κ3) is 6.65. The van der Waals surface area contributed by atoms with E-state index in [0.29, 0.717) is 36.7 Å². The van der Waals surface area contributed by atoms with Crippen molar-refractivity contribution in [2.75, 3.05) is 34.0 Å². The lowest BCUT2D eigenvalue weighted by molar-refractivity contribution is 0.0860. The van der Waals surface area contributed by atoms with Crippen LogP contribution in [0.15, 0.2) is 18.2 Å². The number of methoxy groups -OCH3 is 2. The molecule has 6 nitrogen and oxygen atoms in total. The van der Waals surface area contributed by atoms with E-state index >= 15 is 0 Å². The number of aliphatic hydroxyl groups excluding tert-OH is 1. The number of Topliss-reactive ketones (excluding diaryl/α,β-unsaturated/α-hetero) is 1. The van der Waals surface area contributed by atoms with Gasteiger partial charge < -0.3 is 25.1 Å². The molecule has 1 aromatic rings. The van der Waals surface area contributed by atoms with Crippen LogP contribution < -0.4 is 15.2 Å². The Morgan fingerprint density at radius 1 is 1.20 bits per heavy atom. The molecule has 142 valence electrons. The molecular formula is C19H31NO5. The lowest BCUT2D eigenvalue weighted by Crippen LogP contribution is -2.32. The third-order valence-electron chi connectivity index (χ3n) is 4.13. The Hall–Kier alpha value is -1.63. The SMILES string of the molecule is COCCCOc1cc(C(=O)[C@@H](C[C@H](N)CO)C(C)C)ccc1OC. The molecule has 1 aromatic carbocycles. The standard InChI is InChI=1S/C19H31NO5/c1-13(2)16(11-15(20)12-21)19(22)14-6-7-17(24-4)18(10-14)25-9-5-8-23-3/h6-7,10,13,15-16,21H,5,8-9,11-12,20H2,1-4H3/t15-,16-/m0/s1. The van der Waals surface area contributed by atoms with Gasteiger partial charge in [0, 0.05) is 37.7 Å². The van der Waals surface area contributed by atoms with Crippen molar-refractivity contribution in [3.8, 4) is 11.5 Å². The van der Waals surface area contributed by atoms with Gasteiger partial charge in [0.1, 0.15) is 0 Å². The summed E-state index contributed by atoms with van der Waals surface area (Å²) in [5, 5.41) is 9.19. The lowest BCUT2D eigenvalue weighted by Gasteiger charge is -2.23. The van der Waals surface area contributed by atoms with Gasteiger partial charge >= 0.3 is 0 Å². The molecule has 0 aliphatic carbocycles. The topological polar surface area (TPSA) is 91.0 Å². The van der Waals surface area contributed by atoms with Crippen molar-refractivity contribution in [2.24, 2.45) is 17.6 Å². The van der Waals surface area contributed by atoms with Crippen molar-refractivity contribution in [3.63, 3.8) is 0 Å². The number of hydrogen-bond acceptors (Lipinski definition) is 6. The first kappa shape index (κ1) is 21.4. The molecule has 6 heteroatoms. The van der Waals surface area contributed by atoms with Gasteiger partial charge in [-0.1, -0.05) is 13.8 Å². The Bertz CT molecular complexity index is 533. The van der Waals surface area contributed by atoms with E-state index in [1.165, 1.54) is 0 Å². The zero-order valence-electron chi connectivity index (χ0n) is 15.7. The number of ketones is 1. The molecule has 1 rings (SSSR count). The van der Waals surface area contributed by atoms with Gasteiger partial charge in [0.15, 0.2) is 17.3 Å². The molecule has 0 spiro atoms. The average molecular weight is 353 g/mol. The fourth-order valence-electron chi connectivity index (χ4n) is 2.62. The Morgan fingerprint density at radius 2 is 1.92 bits per heavy atom. The Labute approximate surface area is 150 Å². The van der Waals surface area contributed by atoms with Crippen LogP contribution in [-0.2, 0) is 4.74 Å². The number of hydrogen-bond donors (Lipinski definition) is 2. The van der Waals surface area contributed by atoms with E-state index in [2.05, 4.69) is 0 Å². The van der Waals surface area contributed by atoms with Crippen LogP contribution in [-0.4, -0.2) is 51.0 Å². The summed E-state index contributed by atoms with van der Waals surface area (Å²) in [5.41, 5.74) is 6.40. The Kier molecular flexibility index (Phi) is 9.49. The summed E-state index contributed by atoms with van der Waals surface area (Å²) in [6.45, 7) is 4.92. The van der Waals surface area contributed by atoms with Crippen LogP contribution in [0.3, 0.4) is 0 Å². The van der Waals surface area contributed by atoms with Crippen LogP contribution in [0.1, 0.15) is 37.0 Å². The molecule has 0 saturated carbocycles. The summed E-state index contributed by atoms with van der Waals surface area (Å²) in [6, 6.07) is 4.79. The van der Waals surface area contributed by atoms with Crippen LogP contribution in [0.4, 0.5) is 0 Å². The van der Waals surface area contributed by atoms with Crippen LogP contribution in [0, 0.1) is 11.8 Å². The lowest BCUT2D eigenvalue weighted by atomic mass is 9.83. The first-order valence-electron chi connectivity index (χ1n) is 8.65. The summed E-state index contributed by atoms with van der Waals surface area (Å²) >= 11 is 0. The molecule has 0 saturated heterocycles. The molecule has 0 radical (unpaired) electrons. The minimum atomic E-state index is -0.403. The van der Waals surface area contributed by atoms with Gasteiger partial charge in [-0.15, -0.1) is 0 Å². The molecule has 0 heterocycles. The largest absolute Gasteiger partial charge is 0.493 e. The van der Waals surface area contributed by atoms with Gasteiger partial charge in [-0.2, -0.15) is 0 Å². The molecule has 0 bridgehead atoms. The van der Waals surface area contributed by atoms with Gasteiger partial charge in [-0.05, 0) is 30.5 Å². The maximum atomic E-state index is 12.9. The summed E-state index contributed by atoms with van der Waals surface area (Å²) in [5.74, 6) is 0.999. The molecule has 0 fully saturated rings. The number of carbonyl (C=O) groups is 1. The number of ether oxygens (including phenoxy) is 3. The number of rotatable bonds is 12. The molecule has 0 aliphatic heterocycles. The molecule has 3 N–H and O–H groups in total. The number of benzene rings is 1. The fraction of sp³-hybridized carbons (Fsp3) is 0.632. The smallest absolute Gasteiger partial charge is 0.166 e. The normalized spacial score (nSPS) is 13.6. The van der Waals surface area contributed by atoms with Crippen LogP contribution >= 0.6 is 0 Å². The van der Waals surface area contributed by atoms with E-state index < -0.39 is 6.04 Å². The second-order valence-electron chi connectivity index (χ2n) is 6.45. The molecular weight excluding hydrogens is 322 g/mol. The highest BCUT2D eigenvalue weighted by atomic mass is 16.5. The summed E-state index contributed by atoms with van der Waals surface area (Å²) in [7, 11) is 3.21. The second kappa shape index (κ2) is 11.1. The molecule has 0 amide bonds. The van der Waals surface area contributed by atoms with Gasteiger partial charge in [0.05, 0.1) is 20.3 Å². The highest BCUT2D eigenvalue weighted by molar-refractivity contribution is 5.98. The molecule has 2 atom stereocenters. The van der Waals surface area contributed by atoms with E-state index in [-0.39, 0.29) is 24.2 Å². The van der Waals surface area contributed by atoms with Gasteiger partial charge in [0.25, 0.3) is 0 Å². The fourth-order valence-corrected chi connectivity index (χ4v) is 2.62. The van der Waals surface area contributed by atoms with Crippen molar-refractivity contribution >= 4 is 5.78 Å². The summed E-state index contributed by atoms with van der Waals surface area (Å²) in [4.78, 5) is 12.9. The van der Waals surface area contributed by atoms with E-state index in [1.807, 2.05) is 13.8 Å². The van der Waals surface area contributed by atoms with E-state index in [4.69, 9.17) is 19.9 Å². The minimum Gasteiger partial charge on any atom is -0.493 e.